The van der Waals surface area contributed by atoms with Gasteiger partial charge in [0.25, 0.3) is 0 Å². The van der Waals surface area contributed by atoms with Crippen LogP contribution in [-0.2, 0) is 28.5 Å². The zero-order valence-electron chi connectivity index (χ0n) is 39.8. The van der Waals surface area contributed by atoms with E-state index < -0.39 is 55.4 Å². The fourth-order valence-electron chi connectivity index (χ4n) is 7.35. The van der Waals surface area contributed by atoms with Crippen LogP contribution in [0.2, 0.25) is 0 Å². The Morgan fingerprint density at radius 1 is 0.492 bits per heavy atom. The summed E-state index contributed by atoms with van der Waals surface area (Å²) in [4.78, 5) is 25.4. The van der Waals surface area contributed by atoms with Crippen LogP contribution in [0.1, 0.15) is 206 Å². The molecule has 0 spiro atoms. The zero-order valence-corrected chi connectivity index (χ0v) is 39.8. The highest BCUT2D eigenvalue weighted by Gasteiger charge is 2.44. The van der Waals surface area contributed by atoms with Crippen molar-refractivity contribution in [3.63, 3.8) is 0 Å². The zero-order chi connectivity index (χ0) is 45.9. The van der Waals surface area contributed by atoms with Crippen LogP contribution in [0, 0.1) is 0 Å². The molecule has 63 heavy (non-hydrogen) atoms. The van der Waals surface area contributed by atoms with Crippen molar-refractivity contribution in [1.29, 1.82) is 0 Å². The maximum atomic E-state index is 12.8. The molecule has 1 aliphatic rings. The third-order valence-corrected chi connectivity index (χ3v) is 11.4. The molecule has 0 saturated carbocycles. The number of allylic oxidation sites excluding steroid dienone is 10. The van der Waals surface area contributed by atoms with E-state index in [9.17, 15) is 30.0 Å². The molecule has 0 aromatic rings. The van der Waals surface area contributed by atoms with Crippen LogP contribution in [0.4, 0.5) is 0 Å². The summed E-state index contributed by atoms with van der Waals surface area (Å²) in [7, 11) is 0. The summed E-state index contributed by atoms with van der Waals surface area (Å²) in [5, 5.41) is 40.2. The van der Waals surface area contributed by atoms with Gasteiger partial charge in [-0.1, -0.05) is 177 Å². The second-order valence-electron chi connectivity index (χ2n) is 17.3. The largest absolute Gasteiger partial charge is 0.462 e. The molecular weight excluding hydrogens is 797 g/mol. The van der Waals surface area contributed by atoms with E-state index in [-0.39, 0.29) is 26.1 Å². The number of carbonyl (C=O) groups is 2. The van der Waals surface area contributed by atoms with Gasteiger partial charge in [-0.3, -0.25) is 9.59 Å². The van der Waals surface area contributed by atoms with E-state index in [4.69, 9.17) is 18.9 Å². The van der Waals surface area contributed by atoms with Gasteiger partial charge in [0, 0.05) is 12.8 Å². The Morgan fingerprint density at radius 2 is 0.905 bits per heavy atom. The van der Waals surface area contributed by atoms with Crippen LogP contribution < -0.4 is 0 Å². The number of hydrogen-bond acceptors (Lipinski definition) is 10. The summed E-state index contributed by atoms with van der Waals surface area (Å²) in [5.74, 6) is -0.873. The Labute approximate surface area is 383 Å². The second-order valence-corrected chi connectivity index (χ2v) is 17.3. The average molecular weight is 889 g/mol. The Hall–Kier alpha value is -2.60. The molecule has 0 bridgehead atoms. The van der Waals surface area contributed by atoms with Gasteiger partial charge in [0.2, 0.25) is 0 Å². The van der Waals surface area contributed by atoms with Crippen LogP contribution in [0.25, 0.3) is 0 Å². The van der Waals surface area contributed by atoms with Gasteiger partial charge in [0.15, 0.2) is 12.4 Å². The molecule has 6 atom stereocenters. The third kappa shape index (κ3) is 34.4. The van der Waals surface area contributed by atoms with Gasteiger partial charge in [0.05, 0.1) is 13.2 Å². The lowest BCUT2D eigenvalue weighted by Crippen LogP contribution is -2.59. The average Bonchev–Trinajstić information content (AvgIpc) is 3.28. The number of hydrogen-bond donors (Lipinski definition) is 4. The summed E-state index contributed by atoms with van der Waals surface area (Å²) in [6.07, 6.45) is 46.6. The Bertz CT molecular complexity index is 1210. The lowest BCUT2D eigenvalue weighted by atomic mass is 9.99. The minimum absolute atomic E-state index is 0.198. The van der Waals surface area contributed by atoms with Crippen molar-refractivity contribution in [2.45, 2.75) is 243 Å². The third-order valence-electron chi connectivity index (χ3n) is 11.4. The molecule has 10 heteroatoms. The Morgan fingerprint density at radius 3 is 1.41 bits per heavy atom. The summed E-state index contributed by atoms with van der Waals surface area (Å²) in [5.41, 5.74) is 0. The van der Waals surface area contributed by atoms with Crippen molar-refractivity contribution in [3.05, 3.63) is 60.8 Å². The minimum atomic E-state index is -1.61. The number of aliphatic hydroxyl groups excluding tert-OH is 4. The fourth-order valence-corrected chi connectivity index (χ4v) is 7.35. The molecule has 0 aliphatic carbocycles. The van der Waals surface area contributed by atoms with E-state index in [2.05, 4.69) is 74.6 Å². The SMILES string of the molecule is CCCCCC/C=C/CCCCCCCCCCCC(=O)O[C@@H](COC(=O)CCC/C=C/C/C=C/C/C=C/C/C=C/CCCCCCCCC)CO[C@H]1O[C@@H](CO)[C@@H](O)C(O)C1O. The Balaban J connectivity index is 2.32. The lowest BCUT2D eigenvalue weighted by molar-refractivity contribution is -0.305. The van der Waals surface area contributed by atoms with Gasteiger partial charge in [-0.05, 0) is 77.0 Å². The standard InChI is InChI=1S/C53H92O10/c1-3-5-7-9-11-13-15-17-19-21-22-23-24-26-27-29-31-33-35-37-39-41-48(55)60-44-46(45-61-53-52(59)51(58)50(57)47(43-54)63-53)62-49(56)42-40-38-36-34-32-30-28-25-20-18-16-14-12-10-8-6-4-2/h14,16,19,21,23-24,27,29,33,35,46-47,50-54,57-59H,3-13,15,17-18,20,22,25-26,28,30-32,34,36-45H2,1-2H3/b16-14+,21-19+,24-23+,29-27+,35-33+/t46-,47-,50+,51?,52?,53-/m0/s1. The van der Waals surface area contributed by atoms with Gasteiger partial charge < -0.3 is 39.4 Å². The van der Waals surface area contributed by atoms with Crippen LogP contribution in [-0.4, -0.2) is 89.0 Å². The van der Waals surface area contributed by atoms with Crippen LogP contribution in [0.15, 0.2) is 60.8 Å². The van der Waals surface area contributed by atoms with E-state index in [1.807, 2.05) is 0 Å². The molecule has 1 aliphatic heterocycles. The predicted molar refractivity (Wildman–Crippen MR) is 256 cm³/mol. The molecular formula is C53H92O10. The highest BCUT2D eigenvalue weighted by molar-refractivity contribution is 5.70. The molecule has 364 valence electrons. The van der Waals surface area contributed by atoms with E-state index in [0.717, 1.165) is 44.9 Å². The van der Waals surface area contributed by atoms with Gasteiger partial charge in [-0.2, -0.15) is 0 Å². The van der Waals surface area contributed by atoms with E-state index >= 15 is 0 Å². The van der Waals surface area contributed by atoms with Crippen molar-refractivity contribution < 1.29 is 49.0 Å². The highest BCUT2D eigenvalue weighted by atomic mass is 16.7. The van der Waals surface area contributed by atoms with Gasteiger partial charge >= 0.3 is 11.9 Å². The first-order chi connectivity index (χ1) is 30.8. The quantitative estimate of drug-likeness (QED) is 0.0265. The summed E-state index contributed by atoms with van der Waals surface area (Å²) < 4.78 is 22.2. The van der Waals surface area contributed by atoms with Crippen molar-refractivity contribution in [2.75, 3.05) is 19.8 Å². The monoisotopic (exact) mass is 889 g/mol. The molecule has 4 N–H and O–H groups in total. The highest BCUT2D eigenvalue weighted by Crippen LogP contribution is 2.23. The molecule has 0 amide bonds. The van der Waals surface area contributed by atoms with Gasteiger partial charge in [-0.15, -0.1) is 0 Å². The van der Waals surface area contributed by atoms with Crippen molar-refractivity contribution in [1.82, 2.24) is 0 Å². The molecule has 0 aromatic carbocycles. The van der Waals surface area contributed by atoms with E-state index in [1.165, 1.54) is 122 Å². The predicted octanol–water partition coefficient (Wildman–Crippen LogP) is 11.8. The Kier molecular flexibility index (Phi) is 40.2. The molecule has 1 rings (SSSR count). The molecule has 1 fully saturated rings. The number of carbonyl (C=O) groups excluding carboxylic acids is 2. The van der Waals surface area contributed by atoms with E-state index in [0.29, 0.717) is 12.8 Å². The second kappa shape index (κ2) is 43.3. The summed E-state index contributed by atoms with van der Waals surface area (Å²) >= 11 is 0. The fraction of sp³-hybridized carbons (Fsp3) is 0.774. The molecule has 0 radical (unpaired) electrons. The first-order valence-electron chi connectivity index (χ1n) is 25.4. The number of unbranched alkanes of at least 4 members (excludes halogenated alkanes) is 21. The maximum absolute atomic E-state index is 12.8. The lowest BCUT2D eigenvalue weighted by Gasteiger charge is -2.39. The number of esters is 2. The molecule has 1 saturated heterocycles. The van der Waals surface area contributed by atoms with Crippen LogP contribution >= 0.6 is 0 Å². The van der Waals surface area contributed by atoms with Crippen molar-refractivity contribution in [2.24, 2.45) is 0 Å². The van der Waals surface area contributed by atoms with Gasteiger partial charge in [-0.25, -0.2) is 0 Å². The first-order valence-corrected chi connectivity index (χ1v) is 25.4. The molecule has 10 nitrogen and oxygen atoms in total. The van der Waals surface area contributed by atoms with Crippen molar-refractivity contribution >= 4 is 11.9 Å². The van der Waals surface area contributed by atoms with Crippen LogP contribution in [0.5, 0.6) is 0 Å². The maximum Gasteiger partial charge on any atom is 0.306 e. The summed E-state index contributed by atoms with van der Waals surface area (Å²) in [6.45, 7) is 3.36. The van der Waals surface area contributed by atoms with E-state index in [1.54, 1.807) is 0 Å². The molecule has 2 unspecified atom stereocenters. The number of rotatable bonds is 42. The minimum Gasteiger partial charge on any atom is -0.462 e. The van der Waals surface area contributed by atoms with Crippen molar-refractivity contribution in [3.8, 4) is 0 Å². The smallest absolute Gasteiger partial charge is 0.306 e. The molecule has 0 aromatic heterocycles. The summed E-state index contributed by atoms with van der Waals surface area (Å²) in [6, 6.07) is 0. The first kappa shape index (κ1) is 58.4. The molecule has 1 heterocycles. The topological polar surface area (TPSA) is 152 Å². The number of aliphatic hydroxyl groups is 4. The number of ether oxygens (including phenoxy) is 4. The van der Waals surface area contributed by atoms with Gasteiger partial charge in [0.1, 0.15) is 31.0 Å². The van der Waals surface area contributed by atoms with Crippen LogP contribution in [0.3, 0.4) is 0 Å². The normalized spacial score (nSPS) is 20.0.